The van der Waals surface area contributed by atoms with E-state index >= 15 is 0 Å². The van der Waals surface area contributed by atoms with Crippen LogP contribution in [-0.4, -0.2) is 71.6 Å². The quantitative estimate of drug-likeness (QED) is 0.220. The summed E-state index contributed by atoms with van der Waals surface area (Å²) in [5, 5.41) is 17.1. The third-order valence-electron chi connectivity index (χ3n) is 5.47. The lowest BCUT2D eigenvalue weighted by atomic mass is 9.84. The lowest BCUT2D eigenvalue weighted by Crippen LogP contribution is -2.76. The summed E-state index contributed by atoms with van der Waals surface area (Å²) in [6.45, 7) is 1.59. The molecular weight excluding hydrogens is 366 g/mol. The molecule has 6 N–H and O–H groups in total. The van der Waals surface area contributed by atoms with Gasteiger partial charge in [-0.1, -0.05) is 25.7 Å². The second-order valence-corrected chi connectivity index (χ2v) is 7.40. The summed E-state index contributed by atoms with van der Waals surface area (Å²) >= 11 is 0. The third kappa shape index (κ3) is 5.27. The van der Waals surface area contributed by atoms with Gasteiger partial charge in [0.25, 0.3) is 11.8 Å². The molecule has 5 amide bonds. The van der Waals surface area contributed by atoms with Crippen LogP contribution in [-0.2, 0) is 14.4 Å². The maximum absolute atomic E-state index is 12.9. The highest BCUT2D eigenvalue weighted by molar-refractivity contribution is 6.22. The van der Waals surface area contributed by atoms with Crippen LogP contribution in [0, 0.1) is 0 Å². The SMILES string of the molecule is NC(=O)CCCCCCCC1(N2CCNCC2CCO)C(=O)NC(=O)NC1=O. The Balaban J connectivity index is 2.07. The molecule has 2 heterocycles. The average molecular weight is 397 g/mol. The lowest BCUT2D eigenvalue weighted by Gasteiger charge is -2.48. The van der Waals surface area contributed by atoms with Crippen molar-refractivity contribution < 1.29 is 24.3 Å². The number of hydrogen-bond acceptors (Lipinski definition) is 7. The second kappa shape index (κ2) is 10.5. The summed E-state index contributed by atoms with van der Waals surface area (Å²) in [7, 11) is 0. The van der Waals surface area contributed by atoms with Gasteiger partial charge < -0.3 is 16.2 Å². The molecule has 2 rings (SSSR count). The first-order valence-electron chi connectivity index (χ1n) is 9.95. The highest BCUT2D eigenvalue weighted by atomic mass is 16.3. The molecule has 1 unspecified atom stereocenters. The van der Waals surface area contributed by atoms with E-state index in [1.807, 2.05) is 4.90 Å². The van der Waals surface area contributed by atoms with Gasteiger partial charge in [-0.25, -0.2) is 4.79 Å². The van der Waals surface area contributed by atoms with E-state index in [2.05, 4.69) is 16.0 Å². The Morgan fingerprint density at radius 1 is 1.11 bits per heavy atom. The Hall–Kier alpha value is -2.04. The minimum absolute atomic E-state index is 0.0546. The van der Waals surface area contributed by atoms with Gasteiger partial charge in [0.05, 0.1) is 0 Å². The van der Waals surface area contributed by atoms with Crippen molar-refractivity contribution in [2.45, 2.75) is 62.9 Å². The van der Waals surface area contributed by atoms with Crippen molar-refractivity contribution in [2.75, 3.05) is 26.2 Å². The minimum Gasteiger partial charge on any atom is -0.396 e. The molecule has 0 aliphatic carbocycles. The number of imide groups is 2. The number of aliphatic hydroxyl groups excluding tert-OH is 1. The number of piperazine rings is 1. The highest BCUT2D eigenvalue weighted by Gasteiger charge is 2.55. The number of carbonyl (C=O) groups is 4. The average Bonchev–Trinajstić information content (AvgIpc) is 2.63. The van der Waals surface area contributed by atoms with Crippen LogP contribution in [0.4, 0.5) is 4.79 Å². The normalized spacial score (nSPS) is 22.6. The lowest BCUT2D eigenvalue weighted by molar-refractivity contribution is -0.152. The van der Waals surface area contributed by atoms with Crippen LogP contribution in [0.15, 0.2) is 0 Å². The Bertz CT molecular complexity index is 575. The molecule has 2 aliphatic rings. The molecule has 0 aromatic rings. The Kier molecular flexibility index (Phi) is 8.34. The van der Waals surface area contributed by atoms with Crippen LogP contribution in [0.25, 0.3) is 0 Å². The molecule has 0 bridgehead atoms. The number of hydrogen-bond donors (Lipinski definition) is 5. The van der Waals surface area contributed by atoms with E-state index in [-0.39, 0.29) is 25.0 Å². The maximum Gasteiger partial charge on any atom is 0.328 e. The molecule has 28 heavy (non-hydrogen) atoms. The van der Waals surface area contributed by atoms with Gasteiger partial charge in [-0.3, -0.25) is 29.9 Å². The Morgan fingerprint density at radius 2 is 1.75 bits per heavy atom. The largest absolute Gasteiger partial charge is 0.396 e. The first-order chi connectivity index (χ1) is 13.4. The second-order valence-electron chi connectivity index (χ2n) is 7.40. The fraction of sp³-hybridized carbons (Fsp3) is 0.778. The van der Waals surface area contributed by atoms with Crippen LogP contribution >= 0.6 is 0 Å². The summed E-state index contributed by atoms with van der Waals surface area (Å²) in [5.41, 5.74) is 3.67. The van der Waals surface area contributed by atoms with Crippen molar-refractivity contribution in [1.29, 1.82) is 0 Å². The van der Waals surface area contributed by atoms with Crippen molar-refractivity contribution >= 4 is 23.8 Å². The number of nitrogens with zero attached hydrogens (tertiary/aromatic N) is 1. The van der Waals surface area contributed by atoms with Gasteiger partial charge >= 0.3 is 6.03 Å². The number of urea groups is 1. The van der Waals surface area contributed by atoms with E-state index in [0.29, 0.717) is 38.9 Å². The highest BCUT2D eigenvalue weighted by Crippen LogP contribution is 2.30. The van der Waals surface area contributed by atoms with Crippen molar-refractivity contribution in [3.05, 3.63) is 0 Å². The summed E-state index contributed by atoms with van der Waals surface area (Å²) in [6.07, 6.45) is 4.95. The zero-order valence-corrected chi connectivity index (χ0v) is 16.2. The first-order valence-corrected chi connectivity index (χ1v) is 9.95. The molecule has 0 spiro atoms. The van der Waals surface area contributed by atoms with Crippen LogP contribution in [0.3, 0.4) is 0 Å². The monoisotopic (exact) mass is 397 g/mol. The van der Waals surface area contributed by atoms with Gasteiger partial charge in [0.2, 0.25) is 5.91 Å². The number of amides is 5. The molecule has 0 aromatic heterocycles. The number of rotatable bonds is 11. The summed E-state index contributed by atoms with van der Waals surface area (Å²) in [5.74, 6) is -1.51. The van der Waals surface area contributed by atoms with Crippen molar-refractivity contribution in [3.63, 3.8) is 0 Å². The molecule has 2 aliphatic heterocycles. The predicted molar refractivity (Wildman–Crippen MR) is 101 cm³/mol. The number of primary amides is 1. The fourth-order valence-electron chi connectivity index (χ4n) is 4.06. The summed E-state index contributed by atoms with van der Waals surface area (Å²) < 4.78 is 0. The molecule has 2 saturated heterocycles. The van der Waals surface area contributed by atoms with Crippen molar-refractivity contribution in [1.82, 2.24) is 20.9 Å². The fourth-order valence-corrected chi connectivity index (χ4v) is 4.06. The van der Waals surface area contributed by atoms with E-state index < -0.39 is 23.4 Å². The Morgan fingerprint density at radius 3 is 2.39 bits per heavy atom. The Labute approximate surface area is 164 Å². The predicted octanol–water partition coefficient (Wildman–Crippen LogP) is -1.04. The number of nitrogens with two attached hydrogens (primary N) is 1. The van der Waals surface area contributed by atoms with Gasteiger partial charge in [0, 0.05) is 38.7 Å². The molecular formula is C18H31N5O5. The van der Waals surface area contributed by atoms with Crippen LogP contribution in [0.2, 0.25) is 0 Å². The number of carbonyl (C=O) groups excluding carboxylic acids is 4. The zero-order valence-electron chi connectivity index (χ0n) is 16.2. The molecule has 1 atom stereocenters. The molecule has 10 nitrogen and oxygen atoms in total. The van der Waals surface area contributed by atoms with Crippen LogP contribution < -0.4 is 21.7 Å². The van der Waals surface area contributed by atoms with E-state index in [0.717, 1.165) is 25.7 Å². The molecule has 0 saturated carbocycles. The van der Waals surface area contributed by atoms with Crippen LogP contribution in [0.1, 0.15) is 51.4 Å². The molecule has 2 fully saturated rings. The number of nitrogens with one attached hydrogen (secondary N) is 3. The third-order valence-corrected chi connectivity index (χ3v) is 5.47. The van der Waals surface area contributed by atoms with E-state index in [4.69, 9.17) is 5.73 Å². The van der Waals surface area contributed by atoms with Gasteiger partial charge in [0.1, 0.15) is 0 Å². The van der Waals surface area contributed by atoms with Gasteiger partial charge in [-0.15, -0.1) is 0 Å². The van der Waals surface area contributed by atoms with Crippen molar-refractivity contribution in [3.8, 4) is 0 Å². The van der Waals surface area contributed by atoms with Gasteiger partial charge in [-0.05, 0) is 19.3 Å². The van der Waals surface area contributed by atoms with E-state index in [1.165, 1.54) is 0 Å². The molecule has 158 valence electrons. The topological polar surface area (TPSA) is 154 Å². The van der Waals surface area contributed by atoms with E-state index in [1.54, 1.807) is 0 Å². The summed E-state index contributed by atoms with van der Waals surface area (Å²) in [4.78, 5) is 49.9. The van der Waals surface area contributed by atoms with Crippen molar-refractivity contribution in [2.24, 2.45) is 5.73 Å². The van der Waals surface area contributed by atoms with E-state index in [9.17, 15) is 24.3 Å². The number of barbiturate groups is 1. The standard InChI is InChI=1S/C18H31N5O5/c19-14(25)6-4-2-1-3-5-8-18(15(26)21-17(28)22-16(18)27)23-10-9-20-12-13(23)7-11-24/h13,20,24H,1-12H2,(H2,19,25)(H2,21,22,26,27,28). The van der Waals surface area contributed by atoms with Crippen LogP contribution in [0.5, 0.6) is 0 Å². The first kappa shape index (κ1) is 22.3. The molecule has 10 heteroatoms. The summed E-state index contributed by atoms with van der Waals surface area (Å²) in [6, 6.07) is -0.982. The van der Waals surface area contributed by atoms with Gasteiger partial charge in [0.15, 0.2) is 5.54 Å². The number of unbranched alkanes of at least 4 members (excludes halogenated alkanes) is 4. The zero-order chi connectivity index (χ0) is 20.6. The van der Waals surface area contributed by atoms with Gasteiger partial charge in [-0.2, -0.15) is 0 Å². The smallest absolute Gasteiger partial charge is 0.328 e. The maximum atomic E-state index is 12.9. The molecule has 0 aromatic carbocycles. The minimum atomic E-state index is -1.46. The number of aliphatic hydroxyl groups is 1. The molecule has 0 radical (unpaired) electrons.